The van der Waals surface area contributed by atoms with Gasteiger partial charge in [-0.2, -0.15) is 0 Å². The van der Waals surface area contributed by atoms with Crippen LogP contribution in [0, 0.1) is 11.8 Å². The molecule has 2 N–H and O–H groups in total. The molecule has 9 atom stereocenters. The maximum Gasteiger partial charge on any atom is 0.313 e. The van der Waals surface area contributed by atoms with Crippen LogP contribution in [0.25, 0.3) is 0 Å². The zero-order valence-electron chi connectivity index (χ0n) is 30.1. The van der Waals surface area contributed by atoms with Gasteiger partial charge in [-0.25, -0.2) is 0 Å². The number of fused-ring (bicyclic) bond motifs is 1. The van der Waals surface area contributed by atoms with E-state index in [1.54, 1.807) is 29.2 Å². The van der Waals surface area contributed by atoms with Crippen LogP contribution >= 0.6 is 15.9 Å². The summed E-state index contributed by atoms with van der Waals surface area (Å²) in [5, 5.41) is 13.8. The number of nitrogens with one attached hydrogen (secondary N) is 1. The van der Waals surface area contributed by atoms with Crippen LogP contribution in [0.1, 0.15) is 50.3 Å². The number of allylic oxidation sites excluding steroid dienone is 1. The van der Waals surface area contributed by atoms with Crippen LogP contribution in [0.3, 0.4) is 0 Å². The van der Waals surface area contributed by atoms with Gasteiger partial charge in [-0.3, -0.25) is 19.2 Å². The molecule has 3 amide bonds. The molecule has 12 heteroatoms. The molecule has 2 aromatic rings. The summed E-state index contributed by atoms with van der Waals surface area (Å²) < 4.78 is 18.6. The third-order valence-electron chi connectivity index (χ3n) is 10.4. The Morgan fingerprint density at radius 3 is 2.38 bits per heavy atom. The number of halogens is 1. The Kier molecular flexibility index (Phi) is 13.1. The fraction of sp³-hybridized carbons (Fsp3) is 0.500. The summed E-state index contributed by atoms with van der Waals surface area (Å²) in [6.45, 7) is 11.2. The second-order valence-corrected chi connectivity index (χ2v) is 15.2. The van der Waals surface area contributed by atoms with E-state index in [1.807, 2.05) is 62.4 Å². The maximum absolute atomic E-state index is 14.9. The predicted octanol–water partition coefficient (Wildman–Crippen LogP) is 4.14. The maximum atomic E-state index is 14.9. The SMILES string of the molecule is C=CCCC(=O)N[C@@H](COC)[C@@H](OC(=O)[C@@H]1[C@H]2O[C@@]3(CC2Br)[C@H](C(=O)N(CC=C)C(C)C)N([C@@H](CO)Cc2ccccc2)C(=O)[C@@H]13)c1ccccc1. The summed E-state index contributed by atoms with van der Waals surface area (Å²) >= 11 is 3.74. The van der Waals surface area contributed by atoms with E-state index in [0.717, 1.165) is 5.56 Å². The smallest absolute Gasteiger partial charge is 0.313 e. The van der Waals surface area contributed by atoms with Crippen molar-refractivity contribution in [3.8, 4) is 0 Å². The van der Waals surface area contributed by atoms with Crippen LogP contribution in [-0.4, -0.2) is 106 Å². The Balaban J connectivity index is 1.55. The summed E-state index contributed by atoms with van der Waals surface area (Å²) in [5.74, 6) is -3.87. The van der Waals surface area contributed by atoms with Gasteiger partial charge in [0.15, 0.2) is 0 Å². The van der Waals surface area contributed by atoms with Gasteiger partial charge in [0, 0.05) is 30.9 Å². The molecule has 11 nitrogen and oxygen atoms in total. The lowest BCUT2D eigenvalue weighted by Crippen LogP contribution is -2.60. The fourth-order valence-electron chi connectivity index (χ4n) is 8.12. The minimum Gasteiger partial charge on any atom is -0.455 e. The number of rotatable bonds is 18. The molecule has 52 heavy (non-hydrogen) atoms. The van der Waals surface area contributed by atoms with Gasteiger partial charge >= 0.3 is 5.97 Å². The van der Waals surface area contributed by atoms with E-state index in [2.05, 4.69) is 34.4 Å². The average molecular weight is 781 g/mol. The number of aliphatic hydroxyl groups excluding tert-OH is 1. The lowest BCUT2D eigenvalue weighted by Gasteiger charge is -2.40. The highest BCUT2D eigenvalue weighted by Crippen LogP contribution is 2.61. The van der Waals surface area contributed by atoms with Crippen molar-refractivity contribution in [2.45, 2.75) is 86.3 Å². The molecular formula is C40H50BrN3O8. The highest BCUT2D eigenvalue weighted by molar-refractivity contribution is 9.09. The molecular weight excluding hydrogens is 730 g/mol. The fourth-order valence-corrected chi connectivity index (χ4v) is 9.07. The number of alkyl halides is 1. The molecule has 0 aromatic heterocycles. The van der Waals surface area contributed by atoms with Gasteiger partial charge in [-0.05, 0) is 44.2 Å². The van der Waals surface area contributed by atoms with Crippen molar-refractivity contribution in [2.24, 2.45) is 11.8 Å². The van der Waals surface area contributed by atoms with Crippen molar-refractivity contribution in [3.63, 3.8) is 0 Å². The van der Waals surface area contributed by atoms with Crippen LogP contribution in [0.5, 0.6) is 0 Å². The number of carbonyl (C=O) groups is 4. The second-order valence-electron chi connectivity index (χ2n) is 14.0. The van der Waals surface area contributed by atoms with Gasteiger partial charge in [0.25, 0.3) is 0 Å². The molecule has 0 aliphatic carbocycles. The number of methoxy groups -OCH3 is 1. The number of likely N-dealkylation sites (tertiary alicyclic amines) is 1. The summed E-state index contributed by atoms with van der Waals surface area (Å²) in [6.07, 6.45) is 2.80. The number of nitrogens with zero attached hydrogens (tertiary/aromatic N) is 2. The number of carbonyl (C=O) groups excluding carboxylic acids is 4. The number of amides is 3. The first-order valence-electron chi connectivity index (χ1n) is 17.9. The minimum atomic E-state index is -1.37. The summed E-state index contributed by atoms with van der Waals surface area (Å²) in [7, 11) is 1.50. The van der Waals surface area contributed by atoms with Crippen molar-refractivity contribution < 1.29 is 38.5 Å². The summed E-state index contributed by atoms with van der Waals surface area (Å²) in [6, 6.07) is 15.6. The summed E-state index contributed by atoms with van der Waals surface area (Å²) in [4.78, 5) is 60.0. The quantitative estimate of drug-likeness (QED) is 0.131. The van der Waals surface area contributed by atoms with Crippen LogP contribution in [0.2, 0.25) is 0 Å². The van der Waals surface area contributed by atoms with E-state index in [-0.39, 0.29) is 48.7 Å². The van der Waals surface area contributed by atoms with Crippen molar-refractivity contribution in [1.29, 1.82) is 0 Å². The molecule has 3 heterocycles. The Hall–Kier alpha value is -3.84. The number of esters is 1. The first-order chi connectivity index (χ1) is 25.0. The number of benzene rings is 2. The van der Waals surface area contributed by atoms with Crippen LogP contribution < -0.4 is 5.32 Å². The molecule has 1 unspecified atom stereocenters. The van der Waals surface area contributed by atoms with Crippen LogP contribution in [-0.2, 0) is 39.8 Å². The molecule has 3 saturated heterocycles. The van der Waals surface area contributed by atoms with Crippen molar-refractivity contribution in [1.82, 2.24) is 15.1 Å². The number of aliphatic hydroxyl groups is 1. The molecule has 0 saturated carbocycles. The van der Waals surface area contributed by atoms with E-state index in [4.69, 9.17) is 14.2 Å². The molecule has 5 rings (SSSR count). The minimum absolute atomic E-state index is 0.0427. The highest BCUT2D eigenvalue weighted by atomic mass is 79.9. The van der Waals surface area contributed by atoms with E-state index in [9.17, 15) is 24.3 Å². The standard InChI is InChI=1S/C40H50BrN3O8/c1-6-8-19-31(46)42-30(24-50-5)34(27-17-13-10-14-18-27)51-39(49)32-33-37(47)44(28(23-45)21-26-15-11-9-12-16-26)36(38(48)43(20-7-2)25(3)4)40(33)22-29(41)35(32)52-40/h6-7,9-18,25,28-30,32-36,45H,1-2,8,19-24H2,3-5H3,(H,42,46)/t28-,29?,30+,32+,33-,34+,35+,36+,40-/m1/s1. The lowest BCUT2D eigenvalue weighted by atomic mass is 9.70. The molecule has 1 spiro atoms. The van der Waals surface area contributed by atoms with E-state index >= 15 is 0 Å². The van der Waals surface area contributed by atoms with E-state index in [1.165, 1.54) is 12.0 Å². The van der Waals surface area contributed by atoms with Crippen molar-refractivity contribution >= 4 is 39.6 Å². The average Bonchev–Trinajstić information content (AvgIpc) is 3.74. The third kappa shape index (κ3) is 7.76. The Labute approximate surface area is 314 Å². The van der Waals surface area contributed by atoms with Gasteiger partial charge in [0.1, 0.15) is 17.7 Å². The van der Waals surface area contributed by atoms with Crippen molar-refractivity contribution in [2.75, 3.05) is 26.9 Å². The summed E-state index contributed by atoms with van der Waals surface area (Å²) in [5.41, 5.74) is 0.137. The van der Waals surface area contributed by atoms with E-state index in [0.29, 0.717) is 18.4 Å². The number of ether oxygens (including phenoxy) is 3. The van der Waals surface area contributed by atoms with Crippen LogP contribution in [0.15, 0.2) is 86.0 Å². The molecule has 2 aromatic carbocycles. The topological polar surface area (TPSA) is 135 Å². The van der Waals surface area contributed by atoms with Gasteiger partial charge in [0.2, 0.25) is 17.7 Å². The first-order valence-corrected chi connectivity index (χ1v) is 18.8. The van der Waals surface area contributed by atoms with Gasteiger partial charge < -0.3 is 34.4 Å². The van der Waals surface area contributed by atoms with Crippen LogP contribution in [0.4, 0.5) is 0 Å². The number of hydrogen-bond acceptors (Lipinski definition) is 8. The first kappa shape index (κ1) is 39.4. The largest absolute Gasteiger partial charge is 0.455 e. The molecule has 0 radical (unpaired) electrons. The molecule has 3 aliphatic rings. The Morgan fingerprint density at radius 2 is 1.79 bits per heavy atom. The molecule has 3 fully saturated rings. The third-order valence-corrected chi connectivity index (χ3v) is 11.2. The molecule has 280 valence electrons. The molecule has 3 aliphatic heterocycles. The highest BCUT2D eigenvalue weighted by Gasteiger charge is 2.77. The monoisotopic (exact) mass is 779 g/mol. The zero-order valence-corrected chi connectivity index (χ0v) is 31.7. The van der Waals surface area contributed by atoms with Gasteiger partial charge in [-0.1, -0.05) is 88.7 Å². The molecule has 2 bridgehead atoms. The second kappa shape index (κ2) is 17.3. The zero-order chi connectivity index (χ0) is 37.6. The lowest BCUT2D eigenvalue weighted by molar-refractivity contribution is -0.163. The predicted molar refractivity (Wildman–Crippen MR) is 199 cm³/mol. The Morgan fingerprint density at radius 1 is 1.12 bits per heavy atom. The normalized spacial score (nSPS) is 26.4. The van der Waals surface area contributed by atoms with Gasteiger partial charge in [-0.15, -0.1) is 13.2 Å². The van der Waals surface area contributed by atoms with Gasteiger partial charge in [0.05, 0.1) is 43.2 Å². The Bertz CT molecular complexity index is 1590. The number of hydrogen-bond donors (Lipinski definition) is 2. The van der Waals surface area contributed by atoms with E-state index < -0.39 is 66.3 Å². The van der Waals surface area contributed by atoms with Crippen molar-refractivity contribution in [3.05, 3.63) is 97.1 Å².